The van der Waals surface area contributed by atoms with Crippen molar-refractivity contribution in [2.24, 2.45) is 5.10 Å². The number of anilines is 1. The van der Waals surface area contributed by atoms with Gasteiger partial charge in [-0.05, 0) is 53.6 Å². The van der Waals surface area contributed by atoms with Crippen LogP contribution in [0.5, 0.6) is 5.75 Å². The van der Waals surface area contributed by atoms with Crippen molar-refractivity contribution in [1.82, 2.24) is 0 Å². The molecule has 0 saturated heterocycles. The number of rotatable bonds is 4. The van der Waals surface area contributed by atoms with Crippen LogP contribution in [0.2, 0.25) is 15.1 Å². The van der Waals surface area contributed by atoms with Crippen molar-refractivity contribution in [2.75, 3.05) is 12.5 Å². The second-order valence-corrected chi connectivity index (χ2v) is 6.73. The Morgan fingerprint density at radius 1 is 0.920 bits per heavy atom. The predicted molar refractivity (Wildman–Crippen MR) is 108 cm³/mol. The third-order valence-corrected chi connectivity index (χ3v) is 4.62. The smallest absolute Gasteiger partial charge is 0.119 e. The molecule has 128 valence electrons. The molecule has 0 fully saturated rings. The van der Waals surface area contributed by atoms with E-state index in [9.17, 15) is 0 Å². The monoisotopic (exact) mass is 392 g/mol. The van der Waals surface area contributed by atoms with Gasteiger partial charge in [0.15, 0.2) is 0 Å². The highest BCUT2D eigenvalue weighted by Gasteiger charge is 2.08. The van der Waals surface area contributed by atoms with E-state index in [0.717, 1.165) is 27.8 Å². The van der Waals surface area contributed by atoms with E-state index < -0.39 is 0 Å². The van der Waals surface area contributed by atoms with E-state index >= 15 is 0 Å². The van der Waals surface area contributed by atoms with Crippen LogP contribution in [0.1, 0.15) is 12.5 Å². The summed E-state index contributed by atoms with van der Waals surface area (Å²) in [5.41, 5.74) is 5.24. The summed E-state index contributed by atoms with van der Waals surface area (Å²) in [6.07, 6.45) is 0. The van der Waals surface area contributed by atoms with Crippen molar-refractivity contribution in [3.05, 3.63) is 69.2 Å². The van der Waals surface area contributed by atoms with Crippen LogP contribution in [0.15, 0.2) is 53.6 Å². The maximum atomic E-state index is 6.16. The summed E-state index contributed by atoms with van der Waals surface area (Å²) < 4.78 is 5.25. The molecule has 0 unspecified atom stereocenters. The highest BCUT2D eigenvalue weighted by molar-refractivity contribution is 6.41. The average Bonchev–Trinajstić information content (AvgIpc) is 2.59. The molecule has 0 spiro atoms. The topological polar surface area (TPSA) is 33.6 Å². The van der Waals surface area contributed by atoms with Gasteiger partial charge in [0.25, 0.3) is 0 Å². The number of methoxy groups -OCH3 is 1. The fourth-order valence-corrected chi connectivity index (χ4v) is 3.33. The highest BCUT2D eigenvalue weighted by atomic mass is 35.5. The average molecular weight is 394 g/mol. The minimum Gasteiger partial charge on any atom is -0.497 e. The van der Waals surface area contributed by atoms with Gasteiger partial charge in [-0.3, -0.25) is 5.43 Å². The molecule has 3 aromatic rings. The molecule has 0 amide bonds. The van der Waals surface area contributed by atoms with Crippen LogP contribution < -0.4 is 10.2 Å². The number of ether oxygens (including phenoxy) is 1. The first-order chi connectivity index (χ1) is 12.0. The molecular weight excluding hydrogens is 379 g/mol. The van der Waals surface area contributed by atoms with Crippen molar-refractivity contribution in [1.29, 1.82) is 0 Å². The van der Waals surface area contributed by atoms with Crippen molar-refractivity contribution in [3.8, 4) is 5.75 Å². The summed E-state index contributed by atoms with van der Waals surface area (Å²) in [5, 5.41) is 7.91. The first-order valence-corrected chi connectivity index (χ1v) is 8.64. The lowest BCUT2D eigenvalue weighted by molar-refractivity contribution is 0.415. The van der Waals surface area contributed by atoms with Gasteiger partial charge in [0.05, 0.1) is 28.6 Å². The fraction of sp³-hybridized carbons (Fsp3) is 0.105. The summed E-state index contributed by atoms with van der Waals surface area (Å²) in [6.45, 7) is 1.91. The van der Waals surface area contributed by atoms with Crippen LogP contribution in [0, 0.1) is 0 Å². The zero-order chi connectivity index (χ0) is 18.0. The van der Waals surface area contributed by atoms with E-state index in [1.165, 1.54) is 0 Å². The first kappa shape index (κ1) is 17.9. The molecule has 3 nitrogen and oxygen atoms in total. The Morgan fingerprint density at radius 3 is 2.24 bits per heavy atom. The van der Waals surface area contributed by atoms with Crippen molar-refractivity contribution >= 4 is 57.0 Å². The van der Waals surface area contributed by atoms with Crippen molar-refractivity contribution in [2.45, 2.75) is 6.92 Å². The molecule has 0 aliphatic heterocycles. The molecule has 25 heavy (non-hydrogen) atoms. The van der Waals surface area contributed by atoms with Crippen LogP contribution in [0.25, 0.3) is 10.8 Å². The molecule has 0 saturated carbocycles. The minimum atomic E-state index is 0.416. The van der Waals surface area contributed by atoms with Gasteiger partial charge in [0.1, 0.15) is 5.75 Å². The van der Waals surface area contributed by atoms with Gasteiger partial charge in [-0.15, -0.1) is 0 Å². The lowest BCUT2D eigenvalue weighted by Gasteiger charge is -2.09. The Morgan fingerprint density at radius 2 is 1.56 bits per heavy atom. The molecule has 6 heteroatoms. The number of hydrazone groups is 1. The quantitative estimate of drug-likeness (QED) is 0.398. The number of nitrogens with one attached hydrogen (secondary N) is 1. The maximum absolute atomic E-state index is 6.16. The Hall–Kier alpha value is -1.94. The molecule has 0 aromatic heterocycles. The van der Waals surface area contributed by atoms with Gasteiger partial charge < -0.3 is 4.74 Å². The van der Waals surface area contributed by atoms with Gasteiger partial charge in [-0.1, -0.05) is 53.0 Å². The van der Waals surface area contributed by atoms with Crippen LogP contribution in [-0.4, -0.2) is 12.8 Å². The number of halogens is 3. The minimum absolute atomic E-state index is 0.416. The van der Waals surface area contributed by atoms with Crippen LogP contribution in [0.3, 0.4) is 0 Å². The Kier molecular flexibility index (Phi) is 5.38. The maximum Gasteiger partial charge on any atom is 0.119 e. The van der Waals surface area contributed by atoms with Gasteiger partial charge in [-0.2, -0.15) is 5.10 Å². The lowest BCUT2D eigenvalue weighted by atomic mass is 10.0. The van der Waals surface area contributed by atoms with E-state index in [4.69, 9.17) is 39.5 Å². The summed E-state index contributed by atoms with van der Waals surface area (Å²) in [4.78, 5) is 0. The second kappa shape index (κ2) is 7.52. The molecule has 0 atom stereocenters. The summed E-state index contributed by atoms with van der Waals surface area (Å²) in [7, 11) is 1.66. The molecule has 0 aliphatic rings. The van der Waals surface area contributed by atoms with Crippen LogP contribution in [-0.2, 0) is 0 Å². The SMILES string of the molecule is COc1ccc2cc(C(C)=NNc3c(Cl)cc(Cl)cc3Cl)ccc2c1. The fourth-order valence-electron chi connectivity index (χ4n) is 2.43. The molecule has 3 aromatic carbocycles. The number of hydrogen-bond acceptors (Lipinski definition) is 3. The zero-order valence-electron chi connectivity index (χ0n) is 13.6. The second-order valence-electron chi connectivity index (χ2n) is 5.48. The molecule has 0 bridgehead atoms. The summed E-state index contributed by atoms with van der Waals surface area (Å²) >= 11 is 18.2. The molecule has 3 rings (SSSR count). The molecule has 1 N–H and O–H groups in total. The number of hydrogen-bond donors (Lipinski definition) is 1. The third-order valence-electron chi connectivity index (χ3n) is 3.81. The Balaban J connectivity index is 1.89. The van der Waals surface area contributed by atoms with Gasteiger partial charge >= 0.3 is 0 Å². The largest absolute Gasteiger partial charge is 0.497 e. The van der Waals surface area contributed by atoms with Crippen molar-refractivity contribution < 1.29 is 4.74 Å². The van der Waals surface area contributed by atoms with E-state index in [-0.39, 0.29) is 0 Å². The normalized spacial score (nSPS) is 11.6. The Labute approximate surface area is 161 Å². The van der Waals surface area contributed by atoms with Crippen molar-refractivity contribution in [3.63, 3.8) is 0 Å². The number of nitrogens with zero attached hydrogens (tertiary/aromatic N) is 1. The predicted octanol–water partition coefficient (Wildman–Crippen LogP) is 6.64. The summed E-state index contributed by atoms with van der Waals surface area (Å²) in [6, 6.07) is 15.3. The highest BCUT2D eigenvalue weighted by Crippen LogP contribution is 2.33. The molecule has 0 aliphatic carbocycles. The summed E-state index contributed by atoms with van der Waals surface area (Å²) in [5.74, 6) is 0.833. The first-order valence-electron chi connectivity index (χ1n) is 7.51. The van der Waals surface area contributed by atoms with E-state index in [2.05, 4.69) is 16.6 Å². The third kappa shape index (κ3) is 4.01. The lowest BCUT2D eigenvalue weighted by Crippen LogP contribution is -2.00. The number of benzene rings is 3. The standard InChI is InChI=1S/C19H15Cl3N2O/c1-11(23-24-19-17(21)9-15(20)10-18(19)22)12-3-4-14-8-16(25-2)6-5-13(14)7-12/h3-10,24H,1-2H3. The Bertz CT molecular complexity index is 947. The molecular formula is C19H15Cl3N2O. The molecule has 0 heterocycles. The molecule has 0 radical (unpaired) electrons. The van der Waals surface area contributed by atoms with Gasteiger partial charge in [-0.25, -0.2) is 0 Å². The zero-order valence-corrected chi connectivity index (χ0v) is 15.9. The van der Waals surface area contributed by atoms with Gasteiger partial charge in [0, 0.05) is 5.02 Å². The van der Waals surface area contributed by atoms with E-state index in [0.29, 0.717) is 20.8 Å². The number of fused-ring (bicyclic) bond motifs is 1. The van der Waals surface area contributed by atoms with Crippen LogP contribution >= 0.6 is 34.8 Å². The van der Waals surface area contributed by atoms with E-state index in [1.807, 2.05) is 37.3 Å². The van der Waals surface area contributed by atoms with E-state index in [1.54, 1.807) is 19.2 Å². The van der Waals surface area contributed by atoms with Crippen LogP contribution in [0.4, 0.5) is 5.69 Å². The van der Waals surface area contributed by atoms with Gasteiger partial charge in [0.2, 0.25) is 0 Å².